The SMILES string of the molecule is CNCC1CCCCN1c1ccc(C#N)c(Br)c1F. The van der Waals surface area contributed by atoms with Crippen molar-refractivity contribution in [3.8, 4) is 6.07 Å². The molecule has 0 aliphatic carbocycles. The van der Waals surface area contributed by atoms with Crippen molar-refractivity contribution in [2.75, 3.05) is 25.0 Å². The summed E-state index contributed by atoms with van der Waals surface area (Å²) in [7, 11) is 1.91. The number of nitrogens with one attached hydrogen (secondary N) is 1. The number of likely N-dealkylation sites (N-methyl/N-ethyl adjacent to an activating group) is 1. The molecule has 5 heteroatoms. The van der Waals surface area contributed by atoms with Crippen molar-refractivity contribution in [1.82, 2.24) is 5.32 Å². The number of nitriles is 1. The number of anilines is 1. The number of benzene rings is 1. The molecule has 0 amide bonds. The number of rotatable bonds is 3. The maximum atomic E-state index is 14.4. The van der Waals surface area contributed by atoms with Crippen molar-refractivity contribution in [1.29, 1.82) is 5.26 Å². The summed E-state index contributed by atoms with van der Waals surface area (Å²) in [6.07, 6.45) is 3.33. The van der Waals surface area contributed by atoms with E-state index in [2.05, 4.69) is 26.1 Å². The van der Waals surface area contributed by atoms with Gasteiger partial charge in [0, 0.05) is 19.1 Å². The van der Waals surface area contributed by atoms with Crippen molar-refractivity contribution in [2.45, 2.75) is 25.3 Å². The lowest BCUT2D eigenvalue weighted by Gasteiger charge is -2.38. The highest BCUT2D eigenvalue weighted by atomic mass is 79.9. The number of nitrogens with zero attached hydrogens (tertiary/aromatic N) is 2. The molecule has 1 aliphatic rings. The van der Waals surface area contributed by atoms with E-state index in [1.807, 2.05) is 13.1 Å². The largest absolute Gasteiger partial charge is 0.365 e. The van der Waals surface area contributed by atoms with Crippen LogP contribution in [0, 0.1) is 17.1 Å². The van der Waals surface area contributed by atoms with E-state index >= 15 is 0 Å². The van der Waals surface area contributed by atoms with Gasteiger partial charge in [-0.25, -0.2) is 4.39 Å². The second-order valence-electron chi connectivity index (χ2n) is 4.77. The normalized spacial score (nSPS) is 19.3. The maximum absolute atomic E-state index is 14.4. The lowest BCUT2D eigenvalue weighted by Crippen LogP contribution is -2.45. The topological polar surface area (TPSA) is 39.1 Å². The summed E-state index contributed by atoms with van der Waals surface area (Å²) in [4.78, 5) is 2.11. The van der Waals surface area contributed by atoms with Crippen LogP contribution >= 0.6 is 15.9 Å². The first kappa shape index (κ1) is 14.3. The zero-order valence-corrected chi connectivity index (χ0v) is 12.5. The Balaban J connectivity index is 2.34. The van der Waals surface area contributed by atoms with Crippen molar-refractivity contribution in [2.24, 2.45) is 0 Å². The Kier molecular flexibility index (Phi) is 4.78. The average Bonchev–Trinajstić information content (AvgIpc) is 2.43. The van der Waals surface area contributed by atoms with Crippen LogP contribution in [-0.2, 0) is 0 Å². The molecule has 2 rings (SSSR count). The molecule has 1 N–H and O–H groups in total. The fourth-order valence-corrected chi connectivity index (χ4v) is 3.04. The van der Waals surface area contributed by atoms with Crippen molar-refractivity contribution in [3.05, 3.63) is 28.0 Å². The molecule has 19 heavy (non-hydrogen) atoms. The molecular formula is C14H17BrFN3. The van der Waals surface area contributed by atoms with Gasteiger partial charge in [0.1, 0.15) is 6.07 Å². The Labute approximate surface area is 121 Å². The smallest absolute Gasteiger partial charge is 0.161 e. The van der Waals surface area contributed by atoms with E-state index in [9.17, 15) is 4.39 Å². The molecule has 102 valence electrons. The van der Waals surface area contributed by atoms with E-state index in [1.165, 1.54) is 6.42 Å². The zero-order valence-electron chi connectivity index (χ0n) is 10.9. The third kappa shape index (κ3) is 2.90. The molecule has 1 aliphatic heterocycles. The van der Waals surface area contributed by atoms with Gasteiger partial charge in [-0.15, -0.1) is 0 Å². The minimum atomic E-state index is -0.331. The van der Waals surface area contributed by atoms with Crippen LogP contribution in [0.3, 0.4) is 0 Å². The van der Waals surface area contributed by atoms with E-state index < -0.39 is 0 Å². The molecule has 0 spiro atoms. The summed E-state index contributed by atoms with van der Waals surface area (Å²) in [5.41, 5.74) is 0.925. The van der Waals surface area contributed by atoms with Crippen LogP contribution in [0.5, 0.6) is 0 Å². The third-order valence-corrected chi connectivity index (χ3v) is 4.33. The highest BCUT2D eigenvalue weighted by molar-refractivity contribution is 9.10. The van der Waals surface area contributed by atoms with Crippen molar-refractivity contribution in [3.63, 3.8) is 0 Å². The van der Waals surface area contributed by atoms with E-state index in [4.69, 9.17) is 5.26 Å². The van der Waals surface area contributed by atoms with Crippen LogP contribution in [0.2, 0.25) is 0 Å². The van der Waals surface area contributed by atoms with Gasteiger partial charge < -0.3 is 10.2 Å². The molecule has 1 unspecified atom stereocenters. The van der Waals surface area contributed by atoms with Gasteiger partial charge in [0.2, 0.25) is 0 Å². The molecule has 0 aromatic heterocycles. The summed E-state index contributed by atoms with van der Waals surface area (Å²) < 4.78 is 14.7. The Morgan fingerprint density at radius 2 is 2.32 bits per heavy atom. The molecule has 0 bridgehead atoms. The molecule has 0 saturated carbocycles. The molecule has 1 heterocycles. The van der Waals surface area contributed by atoms with E-state index in [0.29, 0.717) is 17.3 Å². The molecule has 1 aromatic rings. The summed E-state index contributed by atoms with van der Waals surface area (Å²) >= 11 is 3.18. The van der Waals surface area contributed by atoms with Gasteiger partial charge >= 0.3 is 0 Å². The van der Waals surface area contributed by atoms with Gasteiger partial charge in [-0.05, 0) is 54.4 Å². The highest BCUT2D eigenvalue weighted by Crippen LogP contribution is 2.32. The first-order valence-electron chi connectivity index (χ1n) is 6.48. The van der Waals surface area contributed by atoms with Crippen LogP contribution in [0.4, 0.5) is 10.1 Å². The standard InChI is InChI=1S/C14H17BrFN3/c1-18-9-11-4-2-3-7-19(11)12-6-5-10(8-17)13(15)14(12)16/h5-6,11,18H,2-4,7,9H2,1H3. The van der Waals surface area contributed by atoms with Crippen LogP contribution in [0.25, 0.3) is 0 Å². The van der Waals surface area contributed by atoms with E-state index in [-0.39, 0.29) is 10.3 Å². The molecule has 1 saturated heterocycles. The van der Waals surface area contributed by atoms with Gasteiger partial charge in [0.25, 0.3) is 0 Å². The summed E-state index contributed by atoms with van der Waals surface area (Å²) in [5.74, 6) is -0.331. The van der Waals surface area contributed by atoms with Gasteiger partial charge in [0.05, 0.1) is 15.7 Å². The molecule has 1 atom stereocenters. The average molecular weight is 326 g/mol. The summed E-state index contributed by atoms with van der Waals surface area (Å²) in [5, 5.41) is 12.1. The first-order valence-corrected chi connectivity index (χ1v) is 7.27. The van der Waals surface area contributed by atoms with E-state index in [1.54, 1.807) is 12.1 Å². The van der Waals surface area contributed by atoms with Crippen LogP contribution in [0.15, 0.2) is 16.6 Å². The predicted molar refractivity (Wildman–Crippen MR) is 77.7 cm³/mol. The van der Waals surface area contributed by atoms with Gasteiger partial charge in [0.15, 0.2) is 5.82 Å². The third-order valence-electron chi connectivity index (χ3n) is 3.56. The Hall–Kier alpha value is -1.12. The fraction of sp³-hybridized carbons (Fsp3) is 0.500. The minimum absolute atomic E-state index is 0.265. The lowest BCUT2D eigenvalue weighted by atomic mass is 10.0. The zero-order chi connectivity index (χ0) is 13.8. The molecule has 1 fully saturated rings. The molecule has 1 aromatic carbocycles. The highest BCUT2D eigenvalue weighted by Gasteiger charge is 2.25. The van der Waals surface area contributed by atoms with Crippen LogP contribution in [0.1, 0.15) is 24.8 Å². The fourth-order valence-electron chi connectivity index (χ4n) is 2.61. The predicted octanol–water partition coefficient (Wildman–Crippen LogP) is 3.04. The van der Waals surface area contributed by atoms with Gasteiger partial charge in [-0.3, -0.25) is 0 Å². The Morgan fingerprint density at radius 1 is 1.53 bits per heavy atom. The van der Waals surface area contributed by atoms with Gasteiger partial charge in [-0.1, -0.05) is 0 Å². The maximum Gasteiger partial charge on any atom is 0.161 e. The monoisotopic (exact) mass is 325 g/mol. The first-order chi connectivity index (χ1) is 9.19. The lowest BCUT2D eigenvalue weighted by molar-refractivity contribution is 0.440. The number of piperidine rings is 1. The summed E-state index contributed by atoms with van der Waals surface area (Å²) in [6.45, 7) is 1.71. The molecular weight excluding hydrogens is 309 g/mol. The quantitative estimate of drug-likeness (QED) is 0.928. The summed E-state index contributed by atoms with van der Waals surface area (Å²) in [6, 6.07) is 5.69. The van der Waals surface area contributed by atoms with Gasteiger partial charge in [-0.2, -0.15) is 5.26 Å². The van der Waals surface area contributed by atoms with Crippen LogP contribution < -0.4 is 10.2 Å². The minimum Gasteiger partial charge on any atom is -0.365 e. The van der Waals surface area contributed by atoms with Crippen molar-refractivity contribution < 1.29 is 4.39 Å². The molecule has 3 nitrogen and oxygen atoms in total. The van der Waals surface area contributed by atoms with Crippen LogP contribution in [-0.4, -0.2) is 26.2 Å². The van der Waals surface area contributed by atoms with E-state index in [0.717, 1.165) is 25.9 Å². The Bertz CT molecular complexity index is 496. The number of hydrogen-bond acceptors (Lipinski definition) is 3. The van der Waals surface area contributed by atoms with Crippen molar-refractivity contribution >= 4 is 21.6 Å². The second kappa shape index (κ2) is 6.36. The Morgan fingerprint density at radius 3 is 3.00 bits per heavy atom. The number of hydrogen-bond donors (Lipinski definition) is 1. The second-order valence-corrected chi connectivity index (χ2v) is 5.57. The number of halogens is 2. The molecule has 0 radical (unpaired) electrons.